The molecule has 0 aliphatic carbocycles. The van der Waals surface area contributed by atoms with Gasteiger partial charge in [-0.25, -0.2) is 4.98 Å². The molecule has 4 heterocycles. The molecule has 29 heavy (non-hydrogen) atoms. The van der Waals surface area contributed by atoms with E-state index in [9.17, 15) is 9.59 Å². The molecule has 1 N–H and O–H groups in total. The number of hydrogen-bond donors (Lipinski definition) is 1. The normalized spacial score (nSPS) is 20.9. The first-order chi connectivity index (χ1) is 14.1. The molecule has 2 aromatic rings. The molecular weight excluding hydrogens is 408 g/mol. The highest BCUT2D eigenvalue weighted by Crippen LogP contribution is 2.34. The Morgan fingerprint density at radius 1 is 1.41 bits per heavy atom. The molecule has 2 aliphatic heterocycles. The second-order valence-corrected chi connectivity index (χ2v) is 8.64. The number of nitrogens with zero attached hydrogens (tertiary/aromatic N) is 3. The smallest absolute Gasteiger partial charge is 0.267 e. The molecule has 152 valence electrons. The first-order valence-corrected chi connectivity index (χ1v) is 10.9. The quantitative estimate of drug-likeness (QED) is 0.558. The summed E-state index contributed by atoms with van der Waals surface area (Å²) in [6.45, 7) is 3.90. The van der Waals surface area contributed by atoms with Gasteiger partial charge in [0.15, 0.2) is 0 Å². The zero-order valence-electron chi connectivity index (χ0n) is 16.1. The summed E-state index contributed by atoms with van der Waals surface area (Å²) in [5.74, 6) is 0.293. The van der Waals surface area contributed by atoms with Crippen molar-refractivity contribution < 1.29 is 9.53 Å². The number of thioether (sulfide) groups is 1. The fraction of sp³-hybridized carbons (Fsp3) is 0.400. The SMILES string of the molecule is CCCNc1nc2ccccn2c(=O)c1/C=C1/SC(=S)N(C[C@H]2CCCO2)C1=O. The maximum atomic E-state index is 13.1. The Kier molecular flexibility index (Phi) is 5.98. The summed E-state index contributed by atoms with van der Waals surface area (Å²) in [6.07, 6.45) is 6.12. The van der Waals surface area contributed by atoms with Gasteiger partial charge in [0, 0.05) is 19.3 Å². The van der Waals surface area contributed by atoms with Crippen molar-refractivity contribution in [2.45, 2.75) is 32.3 Å². The minimum Gasteiger partial charge on any atom is -0.376 e. The summed E-state index contributed by atoms with van der Waals surface area (Å²) in [5.41, 5.74) is 0.692. The highest BCUT2D eigenvalue weighted by molar-refractivity contribution is 8.26. The Hall–Kier alpha value is -2.23. The predicted octanol–water partition coefficient (Wildman–Crippen LogP) is 2.90. The second kappa shape index (κ2) is 8.64. The first-order valence-electron chi connectivity index (χ1n) is 9.70. The lowest BCUT2D eigenvalue weighted by Crippen LogP contribution is -2.35. The van der Waals surface area contributed by atoms with E-state index in [4.69, 9.17) is 17.0 Å². The Morgan fingerprint density at radius 3 is 3.03 bits per heavy atom. The zero-order valence-corrected chi connectivity index (χ0v) is 17.7. The molecule has 7 nitrogen and oxygen atoms in total. The van der Waals surface area contributed by atoms with Gasteiger partial charge in [-0.15, -0.1) is 0 Å². The Balaban J connectivity index is 1.71. The molecule has 4 rings (SSSR count). The van der Waals surface area contributed by atoms with E-state index in [1.807, 2.05) is 13.0 Å². The molecule has 2 aromatic heterocycles. The molecule has 2 saturated heterocycles. The van der Waals surface area contributed by atoms with Gasteiger partial charge in [0.05, 0.1) is 23.1 Å². The molecule has 9 heteroatoms. The number of ether oxygens (including phenoxy) is 1. The van der Waals surface area contributed by atoms with Crippen LogP contribution >= 0.6 is 24.0 Å². The van der Waals surface area contributed by atoms with E-state index in [0.717, 1.165) is 25.9 Å². The zero-order chi connectivity index (χ0) is 20.4. The number of aromatic nitrogens is 2. The minimum atomic E-state index is -0.224. The Morgan fingerprint density at radius 2 is 2.28 bits per heavy atom. The van der Waals surface area contributed by atoms with Crippen LogP contribution in [0.4, 0.5) is 5.82 Å². The molecule has 0 bridgehead atoms. The molecule has 2 aliphatic rings. The number of thiocarbonyl (C=S) groups is 1. The summed E-state index contributed by atoms with van der Waals surface area (Å²) in [4.78, 5) is 32.6. The third kappa shape index (κ3) is 4.08. The van der Waals surface area contributed by atoms with Crippen LogP contribution < -0.4 is 10.9 Å². The maximum absolute atomic E-state index is 13.1. The average molecular weight is 431 g/mol. The third-order valence-corrected chi connectivity index (χ3v) is 6.25. The van der Waals surface area contributed by atoms with Crippen LogP contribution in [0.3, 0.4) is 0 Å². The molecular formula is C20H22N4O3S2. The van der Waals surface area contributed by atoms with Crippen LogP contribution in [0.25, 0.3) is 11.7 Å². The van der Waals surface area contributed by atoms with Crippen LogP contribution in [0.15, 0.2) is 34.1 Å². The number of pyridine rings is 1. The molecule has 0 saturated carbocycles. The van der Waals surface area contributed by atoms with E-state index in [-0.39, 0.29) is 17.6 Å². The third-order valence-electron chi connectivity index (χ3n) is 4.87. The molecule has 1 atom stereocenters. The predicted molar refractivity (Wildman–Crippen MR) is 119 cm³/mol. The lowest BCUT2D eigenvalue weighted by atomic mass is 10.2. The molecule has 0 aromatic carbocycles. The number of nitrogens with one attached hydrogen (secondary N) is 1. The number of hydrogen-bond acceptors (Lipinski definition) is 7. The number of carbonyl (C=O) groups is 1. The highest BCUT2D eigenvalue weighted by atomic mass is 32.2. The molecule has 1 amide bonds. The fourth-order valence-corrected chi connectivity index (χ4v) is 4.65. The van der Waals surface area contributed by atoms with Crippen LogP contribution in [-0.4, -0.2) is 50.3 Å². The average Bonchev–Trinajstić information content (AvgIpc) is 3.33. The summed E-state index contributed by atoms with van der Waals surface area (Å²) >= 11 is 6.63. The van der Waals surface area contributed by atoms with Gasteiger partial charge in [-0.1, -0.05) is 37.0 Å². The van der Waals surface area contributed by atoms with E-state index in [1.165, 1.54) is 16.2 Å². The van der Waals surface area contributed by atoms with Gasteiger partial charge in [0.2, 0.25) is 0 Å². The van der Waals surface area contributed by atoms with Gasteiger partial charge in [-0.3, -0.25) is 18.9 Å². The molecule has 0 spiro atoms. The number of fused-ring (bicyclic) bond motifs is 1. The standard InChI is InChI=1S/C20H22N4O3S2/c1-2-8-21-17-14(18(25)23-9-4-3-7-16(23)22-17)11-15-19(26)24(20(28)29-15)12-13-6-5-10-27-13/h3-4,7,9,11,13,21H,2,5-6,8,10,12H2,1H3/b15-11+/t13-/m1/s1. The fourth-order valence-electron chi connectivity index (χ4n) is 3.39. The van der Waals surface area contributed by atoms with Crippen LogP contribution in [0.1, 0.15) is 31.7 Å². The van der Waals surface area contributed by atoms with Gasteiger partial charge in [-0.2, -0.15) is 0 Å². The topological polar surface area (TPSA) is 75.9 Å². The Bertz CT molecular complexity index is 1040. The van der Waals surface area contributed by atoms with Crippen molar-refractivity contribution in [1.29, 1.82) is 0 Å². The summed E-state index contributed by atoms with van der Waals surface area (Å²) < 4.78 is 7.62. The van der Waals surface area contributed by atoms with Gasteiger partial charge in [-0.05, 0) is 37.5 Å². The van der Waals surface area contributed by atoms with E-state index in [2.05, 4.69) is 10.3 Å². The molecule has 0 radical (unpaired) electrons. The van der Waals surface area contributed by atoms with E-state index >= 15 is 0 Å². The van der Waals surface area contributed by atoms with Crippen LogP contribution in [-0.2, 0) is 9.53 Å². The van der Waals surface area contributed by atoms with Crippen molar-refractivity contribution in [2.24, 2.45) is 0 Å². The highest BCUT2D eigenvalue weighted by Gasteiger charge is 2.35. The van der Waals surface area contributed by atoms with Crippen molar-refractivity contribution in [2.75, 3.05) is 25.0 Å². The Labute approximate surface area is 178 Å². The van der Waals surface area contributed by atoms with Crippen LogP contribution in [0.2, 0.25) is 0 Å². The number of amides is 1. The maximum Gasteiger partial charge on any atom is 0.267 e. The van der Waals surface area contributed by atoms with Gasteiger partial charge in [0.1, 0.15) is 15.8 Å². The lowest BCUT2D eigenvalue weighted by molar-refractivity contribution is -0.123. The van der Waals surface area contributed by atoms with Crippen LogP contribution in [0.5, 0.6) is 0 Å². The lowest BCUT2D eigenvalue weighted by Gasteiger charge is -2.18. The van der Waals surface area contributed by atoms with E-state index < -0.39 is 0 Å². The van der Waals surface area contributed by atoms with E-state index in [1.54, 1.807) is 29.3 Å². The van der Waals surface area contributed by atoms with Crippen molar-refractivity contribution in [3.8, 4) is 0 Å². The van der Waals surface area contributed by atoms with E-state index in [0.29, 0.717) is 39.3 Å². The summed E-state index contributed by atoms with van der Waals surface area (Å²) in [7, 11) is 0. The number of rotatable bonds is 6. The van der Waals surface area contributed by atoms with Crippen LogP contribution in [0, 0.1) is 0 Å². The molecule has 0 unspecified atom stereocenters. The second-order valence-electron chi connectivity index (χ2n) is 6.96. The summed E-state index contributed by atoms with van der Waals surface area (Å²) in [6, 6.07) is 5.39. The van der Waals surface area contributed by atoms with Crippen molar-refractivity contribution in [1.82, 2.24) is 14.3 Å². The number of anilines is 1. The van der Waals surface area contributed by atoms with Crippen molar-refractivity contribution in [3.63, 3.8) is 0 Å². The van der Waals surface area contributed by atoms with Gasteiger partial charge in [0.25, 0.3) is 11.5 Å². The van der Waals surface area contributed by atoms with Gasteiger partial charge < -0.3 is 10.1 Å². The first kappa shape index (κ1) is 20.1. The largest absolute Gasteiger partial charge is 0.376 e. The number of carbonyl (C=O) groups excluding carboxylic acids is 1. The van der Waals surface area contributed by atoms with Crippen molar-refractivity contribution >= 4 is 51.7 Å². The van der Waals surface area contributed by atoms with Gasteiger partial charge >= 0.3 is 0 Å². The summed E-state index contributed by atoms with van der Waals surface area (Å²) in [5, 5.41) is 3.21. The van der Waals surface area contributed by atoms with Crippen molar-refractivity contribution in [3.05, 3.63) is 45.2 Å². The minimum absolute atomic E-state index is 0.0200. The molecule has 2 fully saturated rings. The monoisotopic (exact) mass is 430 g/mol.